The van der Waals surface area contributed by atoms with Crippen LogP contribution in [0.4, 0.5) is 0 Å². The molecule has 0 aliphatic heterocycles. The zero-order chi connectivity index (χ0) is 13.6. The first kappa shape index (κ1) is 12.6. The Balaban J connectivity index is 2.28. The van der Waals surface area contributed by atoms with Gasteiger partial charge >= 0.3 is 0 Å². The summed E-state index contributed by atoms with van der Waals surface area (Å²) in [6.45, 7) is 4.18. The average Bonchev–Trinajstić information content (AvgIpc) is 2.73. The van der Waals surface area contributed by atoms with E-state index in [2.05, 4.69) is 51.9 Å². The van der Waals surface area contributed by atoms with Gasteiger partial charge in [-0.25, -0.2) is 9.97 Å². The van der Waals surface area contributed by atoms with Crippen molar-refractivity contribution in [3.05, 3.63) is 51.3 Å². The largest absolute Gasteiger partial charge is 0.282 e. The number of halogens is 2. The van der Waals surface area contributed by atoms with Gasteiger partial charge in [-0.05, 0) is 59.1 Å². The molecule has 3 rings (SSSR count). The van der Waals surface area contributed by atoms with Crippen LogP contribution in [0.3, 0.4) is 0 Å². The van der Waals surface area contributed by atoms with Crippen molar-refractivity contribution >= 4 is 38.6 Å². The van der Waals surface area contributed by atoms with Crippen LogP contribution in [0.5, 0.6) is 0 Å². The second-order valence-electron chi connectivity index (χ2n) is 4.50. The molecule has 3 aromatic rings. The van der Waals surface area contributed by atoms with Gasteiger partial charge in [0.2, 0.25) is 0 Å². The second kappa shape index (κ2) is 4.62. The van der Waals surface area contributed by atoms with Crippen LogP contribution in [0, 0.1) is 13.8 Å². The van der Waals surface area contributed by atoms with E-state index in [-0.39, 0.29) is 0 Å². The molecule has 0 N–H and O–H groups in total. The van der Waals surface area contributed by atoms with Crippen molar-refractivity contribution < 1.29 is 0 Å². The molecule has 0 unspecified atom stereocenters. The number of aromatic nitrogens is 3. The van der Waals surface area contributed by atoms with Crippen molar-refractivity contribution in [1.29, 1.82) is 0 Å². The van der Waals surface area contributed by atoms with Crippen molar-refractivity contribution in [2.75, 3.05) is 0 Å². The molecule has 0 aliphatic carbocycles. The zero-order valence-corrected chi connectivity index (χ0v) is 12.8. The highest BCUT2D eigenvalue weighted by Crippen LogP contribution is 2.26. The number of pyridine rings is 1. The molecule has 0 radical (unpaired) electrons. The summed E-state index contributed by atoms with van der Waals surface area (Å²) >= 11 is 9.42. The summed E-state index contributed by atoms with van der Waals surface area (Å²) < 4.78 is 2.81. The van der Waals surface area contributed by atoms with Crippen LogP contribution >= 0.6 is 27.5 Å². The van der Waals surface area contributed by atoms with Crippen molar-refractivity contribution in [3.63, 3.8) is 0 Å². The Hall–Kier alpha value is -1.39. The van der Waals surface area contributed by atoms with Crippen LogP contribution in [-0.2, 0) is 0 Å². The molecular formula is C14H11BrClN3. The summed E-state index contributed by atoms with van der Waals surface area (Å²) in [4.78, 5) is 8.80. The number of nitrogens with zero attached hydrogens (tertiary/aromatic N) is 3. The van der Waals surface area contributed by atoms with Crippen LogP contribution in [-0.4, -0.2) is 14.5 Å². The van der Waals surface area contributed by atoms with E-state index < -0.39 is 0 Å². The van der Waals surface area contributed by atoms with Crippen molar-refractivity contribution in [1.82, 2.24) is 14.5 Å². The minimum absolute atomic E-state index is 0.604. The van der Waals surface area contributed by atoms with Crippen molar-refractivity contribution in [2.24, 2.45) is 0 Å². The molecule has 1 aromatic carbocycles. The fourth-order valence-electron chi connectivity index (χ4n) is 2.02. The highest BCUT2D eigenvalue weighted by Gasteiger charge is 2.10. The molecule has 0 bridgehead atoms. The van der Waals surface area contributed by atoms with Gasteiger partial charge in [0.25, 0.3) is 0 Å². The fraction of sp³-hybridized carbons (Fsp3) is 0.143. The fourth-order valence-corrected chi connectivity index (χ4v) is 2.85. The number of fused-ring (bicyclic) bond motifs is 1. The first-order chi connectivity index (χ1) is 9.06. The number of aryl methyl sites for hydroxylation is 2. The van der Waals surface area contributed by atoms with Crippen LogP contribution in [0.15, 0.2) is 35.2 Å². The maximum Gasteiger partial charge on any atom is 0.152 e. The van der Waals surface area contributed by atoms with E-state index in [1.807, 2.05) is 10.6 Å². The number of hydrogen-bond donors (Lipinski definition) is 0. The van der Waals surface area contributed by atoms with E-state index >= 15 is 0 Å². The smallest absolute Gasteiger partial charge is 0.152 e. The second-order valence-corrected chi connectivity index (χ2v) is 5.79. The topological polar surface area (TPSA) is 30.7 Å². The Kier molecular flexibility index (Phi) is 3.07. The predicted octanol–water partition coefficient (Wildman–Crippen LogP) is 4.45. The van der Waals surface area contributed by atoms with E-state index in [9.17, 15) is 0 Å². The quantitative estimate of drug-likeness (QED) is 0.657. The molecule has 96 valence electrons. The average molecular weight is 337 g/mol. The third-order valence-corrected chi connectivity index (χ3v) is 3.97. The van der Waals surface area contributed by atoms with Gasteiger partial charge in [-0.3, -0.25) is 4.57 Å². The van der Waals surface area contributed by atoms with Crippen LogP contribution in [0.25, 0.3) is 16.9 Å². The van der Waals surface area contributed by atoms with Crippen molar-refractivity contribution in [3.8, 4) is 5.82 Å². The third-order valence-electron chi connectivity index (χ3n) is 3.18. The zero-order valence-electron chi connectivity index (χ0n) is 10.5. The Morgan fingerprint density at radius 2 is 1.84 bits per heavy atom. The van der Waals surface area contributed by atoms with E-state index in [0.29, 0.717) is 5.02 Å². The summed E-state index contributed by atoms with van der Waals surface area (Å²) in [5.41, 5.74) is 4.48. The molecule has 0 aliphatic rings. The van der Waals surface area contributed by atoms with Crippen LogP contribution < -0.4 is 0 Å². The Morgan fingerprint density at radius 3 is 2.58 bits per heavy atom. The summed E-state index contributed by atoms with van der Waals surface area (Å²) in [6.07, 6.45) is 3.42. The van der Waals surface area contributed by atoms with Gasteiger partial charge in [0.15, 0.2) is 5.82 Å². The molecule has 2 heterocycles. The Bertz CT molecular complexity index is 780. The lowest BCUT2D eigenvalue weighted by Gasteiger charge is -2.07. The summed E-state index contributed by atoms with van der Waals surface area (Å²) in [5, 5.41) is 0.604. The highest BCUT2D eigenvalue weighted by atomic mass is 79.9. The minimum atomic E-state index is 0.604. The Labute approximate surface area is 124 Å². The van der Waals surface area contributed by atoms with Gasteiger partial charge in [0.05, 0.1) is 20.5 Å². The van der Waals surface area contributed by atoms with E-state index in [4.69, 9.17) is 11.6 Å². The summed E-state index contributed by atoms with van der Waals surface area (Å²) in [5.74, 6) is 0.787. The lowest BCUT2D eigenvalue weighted by Crippen LogP contribution is -1.97. The van der Waals surface area contributed by atoms with Crippen molar-refractivity contribution in [2.45, 2.75) is 13.8 Å². The van der Waals surface area contributed by atoms with E-state index in [1.54, 1.807) is 12.5 Å². The lowest BCUT2D eigenvalue weighted by molar-refractivity contribution is 1.01. The molecule has 3 nitrogen and oxygen atoms in total. The monoisotopic (exact) mass is 335 g/mol. The van der Waals surface area contributed by atoms with E-state index in [0.717, 1.165) is 21.3 Å². The maximum atomic E-state index is 5.93. The van der Waals surface area contributed by atoms with Gasteiger partial charge in [0, 0.05) is 6.20 Å². The SMILES string of the molecule is Cc1cc2ncn(-c3ncc(Cl)cc3Br)c2cc1C. The summed E-state index contributed by atoms with van der Waals surface area (Å²) in [6, 6.07) is 6.04. The standard InChI is InChI=1S/C14H11BrClN3/c1-8-3-12-13(4-9(8)2)19(7-18-12)14-11(15)5-10(16)6-17-14/h3-7H,1-2H3. The molecule has 0 saturated heterocycles. The molecule has 0 atom stereocenters. The molecule has 0 fully saturated rings. The Morgan fingerprint density at radius 1 is 1.11 bits per heavy atom. The van der Waals surface area contributed by atoms with Gasteiger partial charge in [0.1, 0.15) is 6.33 Å². The molecule has 19 heavy (non-hydrogen) atoms. The van der Waals surface area contributed by atoms with Crippen LogP contribution in [0.2, 0.25) is 5.02 Å². The maximum absolute atomic E-state index is 5.93. The van der Waals surface area contributed by atoms with Gasteiger partial charge in [-0.1, -0.05) is 11.6 Å². The normalized spacial score (nSPS) is 11.2. The number of rotatable bonds is 1. The predicted molar refractivity (Wildman–Crippen MR) is 81.0 cm³/mol. The molecule has 0 spiro atoms. The summed E-state index contributed by atoms with van der Waals surface area (Å²) in [7, 11) is 0. The number of benzene rings is 1. The third kappa shape index (κ3) is 2.15. The molecule has 0 saturated carbocycles. The van der Waals surface area contributed by atoms with Crippen LogP contribution in [0.1, 0.15) is 11.1 Å². The molecule has 2 aromatic heterocycles. The molecular weight excluding hydrogens is 326 g/mol. The molecule has 0 amide bonds. The first-order valence-corrected chi connectivity index (χ1v) is 6.99. The highest BCUT2D eigenvalue weighted by molar-refractivity contribution is 9.10. The van der Waals surface area contributed by atoms with Gasteiger partial charge in [-0.15, -0.1) is 0 Å². The van der Waals surface area contributed by atoms with E-state index in [1.165, 1.54) is 11.1 Å². The number of imidazole rings is 1. The lowest BCUT2D eigenvalue weighted by atomic mass is 10.1. The van der Waals surface area contributed by atoms with Gasteiger partial charge in [-0.2, -0.15) is 0 Å². The van der Waals surface area contributed by atoms with Gasteiger partial charge < -0.3 is 0 Å². The number of hydrogen-bond acceptors (Lipinski definition) is 2. The minimum Gasteiger partial charge on any atom is -0.282 e. The molecule has 5 heteroatoms. The first-order valence-electron chi connectivity index (χ1n) is 5.82.